The van der Waals surface area contributed by atoms with Gasteiger partial charge in [-0.2, -0.15) is 11.8 Å². The molecule has 0 heterocycles. The lowest BCUT2D eigenvalue weighted by Crippen LogP contribution is -2.41. The lowest BCUT2D eigenvalue weighted by Gasteiger charge is -2.24. The molecule has 0 aromatic heterocycles. The van der Waals surface area contributed by atoms with Gasteiger partial charge in [0.1, 0.15) is 18.1 Å². The van der Waals surface area contributed by atoms with Crippen molar-refractivity contribution in [2.24, 2.45) is 0 Å². The molecular formula is C26H28BrFN2O4S2. The maximum absolute atomic E-state index is 13.7. The van der Waals surface area contributed by atoms with E-state index in [0.29, 0.717) is 42.3 Å². The van der Waals surface area contributed by atoms with Gasteiger partial charge in [-0.25, -0.2) is 12.8 Å². The van der Waals surface area contributed by atoms with Gasteiger partial charge < -0.3 is 10.1 Å². The highest BCUT2D eigenvalue weighted by Crippen LogP contribution is 2.26. The van der Waals surface area contributed by atoms with Gasteiger partial charge in [-0.1, -0.05) is 34.1 Å². The van der Waals surface area contributed by atoms with E-state index in [9.17, 15) is 17.6 Å². The molecule has 1 N–H and O–H groups in total. The summed E-state index contributed by atoms with van der Waals surface area (Å²) in [7, 11) is -3.99. The number of benzene rings is 3. The van der Waals surface area contributed by atoms with Crippen LogP contribution in [0.2, 0.25) is 0 Å². The molecule has 36 heavy (non-hydrogen) atoms. The van der Waals surface area contributed by atoms with Crippen LogP contribution >= 0.6 is 27.7 Å². The van der Waals surface area contributed by atoms with E-state index in [-0.39, 0.29) is 17.3 Å². The van der Waals surface area contributed by atoms with E-state index < -0.39 is 15.9 Å². The quantitative estimate of drug-likeness (QED) is 0.260. The lowest BCUT2D eigenvalue weighted by atomic mass is 10.2. The van der Waals surface area contributed by atoms with Crippen LogP contribution in [0.25, 0.3) is 0 Å². The summed E-state index contributed by atoms with van der Waals surface area (Å²) in [4.78, 5) is 12.8. The number of halogens is 2. The van der Waals surface area contributed by atoms with Crippen LogP contribution in [-0.4, -0.2) is 39.8 Å². The predicted molar refractivity (Wildman–Crippen MR) is 146 cm³/mol. The Balaban J connectivity index is 1.61. The minimum absolute atomic E-state index is 0.0805. The van der Waals surface area contributed by atoms with Crippen molar-refractivity contribution >= 4 is 49.3 Å². The highest BCUT2D eigenvalue weighted by Gasteiger charge is 2.27. The number of thioether (sulfide) groups is 1. The summed E-state index contributed by atoms with van der Waals surface area (Å²) >= 11 is 4.89. The Bertz CT molecular complexity index is 1240. The van der Waals surface area contributed by atoms with Crippen molar-refractivity contribution < 1.29 is 22.3 Å². The molecular weight excluding hydrogens is 567 g/mol. The van der Waals surface area contributed by atoms with Gasteiger partial charge in [0.2, 0.25) is 5.91 Å². The summed E-state index contributed by atoms with van der Waals surface area (Å²) < 4.78 is 47.9. The number of ether oxygens (including phenoxy) is 1. The molecule has 0 saturated heterocycles. The molecule has 6 nitrogen and oxygen atoms in total. The Morgan fingerprint density at radius 2 is 1.75 bits per heavy atom. The topological polar surface area (TPSA) is 75.7 Å². The fourth-order valence-corrected chi connectivity index (χ4v) is 5.94. The average molecular weight is 596 g/mol. The van der Waals surface area contributed by atoms with Crippen molar-refractivity contribution in [3.8, 4) is 5.75 Å². The zero-order valence-electron chi connectivity index (χ0n) is 19.8. The Morgan fingerprint density at radius 1 is 1.06 bits per heavy atom. The zero-order chi connectivity index (χ0) is 26.0. The van der Waals surface area contributed by atoms with Crippen LogP contribution in [0.5, 0.6) is 5.75 Å². The van der Waals surface area contributed by atoms with Crippen LogP contribution in [0.4, 0.5) is 10.1 Å². The van der Waals surface area contributed by atoms with E-state index in [1.165, 1.54) is 18.2 Å². The van der Waals surface area contributed by atoms with Crippen molar-refractivity contribution in [3.63, 3.8) is 0 Å². The first kappa shape index (κ1) is 28.0. The fraction of sp³-hybridized carbons (Fsp3) is 0.269. The molecule has 0 fully saturated rings. The van der Waals surface area contributed by atoms with Crippen molar-refractivity contribution in [2.75, 3.05) is 29.8 Å². The first-order chi connectivity index (χ1) is 17.3. The zero-order valence-corrected chi connectivity index (χ0v) is 23.0. The van der Waals surface area contributed by atoms with Gasteiger partial charge in [0.05, 0.1) is 17.2 Å². The van der Waals surface area contributed by atoms with Crippen molar-refractivity contribution in [1.82, 2.24) is 5.32 Å². The van der Waals surface area contributed by atoms with E-state index in [0.717, 1.165) is 14.5 Å². The molecule has 1 amide bonds. The van der Waals surface area contributed by atoms with Crippen LogP contribution in [0.1, 0.15) is 18.9 Å². The maximum Gasteiger partial charge on any atom is 0.264 e. The third-order valence-electron chi connectivity index (χ3n) is 5.13. The molecule has 3 aromatic carbocycles. The van der Waals surface area contributed by atoms with Crippen LogP contribution in [0.3, 0.4) is 0 Å². The SMILES string of the molecule is CCOc1ccc(N(CC(=O)NCCCSCc2ccccc2F)S(=O)(=O)c2ccc(Br)cc2)cc1. The molecule has 3 aromatic rings. The number of anilines is 1. The van der Waals surface area contributed by atoms with Gasteiger partial charge in [0, 0.05) is 16.8 Å². The molecule has 0 atom stereocenters. The smallest absolute Gasteiger partial charge is 0.264 e. The van der Waals surface area contributed by atoms with E-state index >= 15 is 0 Å². The monoisotopic (exact) mass is 594 g/mol. The molecule has 0 radical (unpaired) electrons. The maximum atomic E-state index is 13.7. The second-order valence-electron chi connectivity index (χ2n) is 7.74. The highest BCUT2D eigenvalue weighted by molar-refractivity contribution is 9.10. The summed E-state index contributed by atoms with van der Waals surface area (Å²) in [6.45, 7) is 2.37. The molecule has 3 rings (SSSR count). The summed E-state index contributed by atoms with van der Waals surface area (Å²) in [5.41, 5.74) is 1.01. The normalized spacial score (nSPS) is 11.2. The molecule has 0 spiro atoms. The summed E-state index contributed by atoms with van der Waals surface area (Å²) in [6.07, 6.45) is 0.674. The van der Waals surface area contributed by atoms with E-state index in [4.69, 9.17) is 4.74 Å². The second-order valence-corrected chi connectivity index (χ2v) is 11.6. The molecule has 0 aliphatic carbocycles. The van der Waals surface area contributed by atoms with Crippen LogP contribution in [0, 0.1) is 5.82 Å². The second kappa shape index (κ2) is 13.7. The van der Waals surface area contributed by atoms with Crippen molar-refractivity contribution in [3.05, 3.63) is 88.6 Å². The van der Waals surface area contributed by atoms with E-state index in [1.54, 1.807) is 66.4 Å². The van der Waals surface area contributed by atoms with E-state index in [1.807, 2.05) is 6.92 Å². The van der Waals surface area contributed by atoms with Gasteiger partial charge in [-0.05, 0) is 79.3 Å². The first-order valence-electron chi connectivity index (χ1n) is 11.4. The fourth-order valence-electron chi connectivity index (χ4n) is 3.31. The van der Waals surface area contributed by atoms with Crippen molar-refractivity contribution in [1.29, 1.82) is 0 Å². The molecule has 0 aliphatic heterocycles. The Hall–Kier alpha value is -2.56. The van der Waals surface area contributed by atoms with Crippen LogP contribution in [0.15, 0.2) is 82.2 Å². The van der Waals surface area contributed by atoms with E-state index in [2.05, 4.69) is 21.2 Å². The van der Waals surface area contributed by atoms with Gasteiger partial charge in [-0.3, -0.25) is 9.10 Å². The minimum atomic E-state index is -3.99. The number of nitrogens with one attached hydrogen (secondary N) is 1. The predicted octanol–water partition coefficient (Wildman–Crippen LogP) is 5.62. The molecule has 0 saturated carbocycles. The number of amides is 1. The Morgan fingerprint density at radius 3 is 2.42 bits per heavy atom. The third-order valence-corrected chi connectivity index (χ3v) is 8.54. The van der Waals surface area contributed by atoms with Gasteiger partial charge >= 0.3 is 0 Å². The number of hydrogen-bond donors (Lipinski definition) is 1. The number of rotatable bonds is 13. The first-order valence-corrected chi connectivity index (χ1v) is 14.8. The molecule has 0 bridgehead atoms. The van der Waals surface area contributed by atoms with Crippen LogP contribution in [-0.2, 0) is 20.6 Å². The number of hydrogen-bond acceptors (Lipinski definition) is 5. The molecule has 192 valence electrons. The number of sulfonamides is 1. The Kier molecular flexibility index (Phi) is 10.6. The Labute approximate surface area is 224 Å². The summed E-state index contributed by atoms with van der Waals surface area (Å²) in [5, 5.41) is 2.79. The number of nitrogens with zero attached hydrogens (tertiary/aromatic N) is 1. The number of carbonyl (C=O) groups excluding carboxylic acids is 1. The van der Waals surface area contributed by atoms with Gasteiger partial charge in [0.15, 0.2) is 0 Å². The summed E-state index contributed by atoms with van der Waals surface area (Å²) in [5.74, 6) is 1.26. The van der Waals surface area contributed by atoms with Gasteiger partial charge in [-0.15, -0.1) is 0 Å². The number of carbonyl (C=O) groups is 1. The lowest BCUT2D eigenvalue weighted by molar-refractivity contribution is -0.119. The standard InChI is InChI=1S/C26H28BrFN2O4S2/c1-2-34-23-12-10-22(11-13-23)30(36(32,33)24-14-8-21(27)9-15-24)18-26(31)29-16-5-17-35-19-20-6-3-4-7-25(20)28/h3-4,6-15H,2,5,16-19H2,1H3,(H,29,31). The molecule has 0 aliphatic rings. The largest absolute Gasteiger partial charge is 0.494 e. The van der Waals surface area contributed by atoms with Gasteiger partial charge in [0.25, 0.3) is 10.0 Å². The minimum Gasteiger partial charge on any atom is -0.494 e. The third kappa shape index (κ3) is 7.97. The molecule has 0 unspecified atom stereocenters. The molecule has 10 heteroatoms. The highest BCUT2D eigenvalue weighted by atomic mass is 79.9. The van der Waals surface area contributed by atoms with Crippen LogP contribution < -0.4 is 14.4 Å². The van der Waals surface area contributed by atoms with Crippen molar-refractivity contribution in [2.45, 2.75) is 24.0 Å². The average Bonchev–Trinajstić information content (AvgIpc) is 2.86. The summed E-state index contributed by atoms with van der Waals surface area (Å²) in [6, 6.07) is 19.5.